The molecule has 0 aliphatic heterocycles. The number of halogens is 1. The van der Waals surface area contributed by atoms with Gasteiger partial charge in [-0.3, -0.25) is 25.5 Å². The zero-order chi connectivity index (χ0) is 43.2. The average molecular weight is 834 g/mol. The Morgan fingerprint density at radius 2 is 1.85 bits per heavy atom. The molecule has 14 nitrogen and oxygen atoms in total. The van der Waals surface area contributed by atoms with E-state index in [2.05, 4.69) is 38.5 Å². The van der Waals surface area contributed by atoms with E-state index in [0.717, 1.165) is 39.8 Å². The highest BCUT2D eigenvalue weighted by molar-refractivity contribution is 5.91. The molecule has 328 valence electrons. The lowest BCUT2D eigenvalue weighted by atomic mass is 9.80. The zero-order valence-corrected chi connectivity index (χ0v) is 35.1. The lowest BCUT2D eigenvalue weighted by Crippen LogP contribution is -2.54. The van der Waals surface area contributed by atoms with E-state index < -0.39 is 18.5 Å². The van der Waals surface area contributed by atoms with Gasteiger partial charge in [0.05, 0.1) is 43.2 Å². The van der Waals surface area contributed by atoms with Crippen LogP contribution in [-0.4, -0.2) is 108 Å². The lowest BCUT2D eigenvalue weighted by molar-refractivity contribution is -0.122. The first-order chi connectivity index (χ1) is 28.9. The number of hydrogen-bond acceptors (Lipinski definition) is 12. The number of benzene rings is 2. The number of aryl methyl sites for hydroxylation is 1. The summed E-state index contributed by atoms with van der Waals surface area (Å²) in [6.07, 6.45) is 6.64. The standard InChI is InChI=1S/C45H64FN7O7/c1-27(22-47-26-55)48-25-42(58)53-39(18-30-11-7-5-8-12-30)45(59)50-24-41(57)49-23-32-19-31(32)20-40(56)52-37-15-14-33-29(3)35(46)21-38-43(33)44(37)34(17-28(2)60-4)36(51-38)13-9-6-10-16-54/h5,7-9,11-13,21,28,31-32,37,39-40,45,47-48,50,52,54-56,59H,1,6,10,14-20,22-26H2,2-4H3,(H,49,57)(H,53,58)/b13-9+/t28?,31?,32?,37-,39-,40?,45?/m0/s1. The summed E-state index contributed by atoms with van der Waals surface area (Å²) in [5, 5.41) is 59.4. The summed E-state index contributed by atoms with van der Waals surface area (Å²) in [5.41, 5.74) is 6.32. The summed E-state index contributed by atoms with van der Waals surface area (Å²) in [4.78, 5) is 30.6. The number of ether oxygens (including phenoxy) is 1. The molecule has 2 aliphatic carbocycles. The molecule has 1 aromatic heterocycles. The number of pyridine rings is 1. The fourth-order valence-electron chi connectivity index (χ4n) is 8.01. The summed E-state index contributed by atoms with van der Waals surface area (Å²) in [6, 6.07) is 9.98. The van der Waals surface area contributed by atoms with Crippen LogP contribution in [0, 0.1) is 24.6 Å². The minimum atomic E-state index is -1.22. The molecule has 1 saturated carbocycles. The number of aromatic nitrogens is 1. The molecule has 1 heterocycles. The van der Waals surface area contributed by atoms with Gasteiger partial charge in [-0.15, -0.1) is 0 Å². The van der Waals surface area contributed by atoms with Crippen molar-refractivity contribution in [2.75, 3.05) is 46.6 Å². The number of nitrogens with zero attached hydrogens (tertiary/aromatic N) is 1. The Bertz CT molecular complexity index is 1930. The van der Waals surface area contributed by atoms with E-state index in [1.165, 1.54) is 6.07 Å². The Morgan fingerprint density at radius 1 is 1.07 bits per heavy atom. The number of rotatable bonds is 26. The molecule has 15 heteroatoms. The molecule has 10 N–H and O–H groups in total. The summed E-state index contributed by atoms with van der Waals surface area (Å²) < 4.78 is 20.9. The van der Waals surface area contributed by atoms with Gasteiger partial charge in [0.2, 0.25) is 11.8 Å². The van der Waals surface area contributed by atoms with Crippen molar-refractivity contribution in [3.8, 4) is 0 Å². The highest BCUT2D eigenvalue weighted by Crippen LogP contribution is 2.44. The third kappa shape index (κ3) is 13.3. The Labute approximate surface area is 352 Å². The molecular formula is C45H64FN7O7. The van der Waals surface area contributed by atoms with Crippen molar-refractivity contribution in [1.82, 2.24) is 36.9 Å². The number of aliphatic hydroxyl groups excluding tert-OH is 4. The molecular weight excluding hydrogens is 770 g/mol. The third-order valence-corrected chi connectivity index (χ3v) is 11.5. The van der Waals surface area contributed by atoms with E-state index in [1.807, 2.05) is 56.3 Å². The van der Waals surface area contributed by atoms with Gasteiger partial charge in [-0.2, -0.15) is 0 Å². The number of nitrogens with one attached hydrogen (secondary N) is 6. The Kier molecular flexibility index (Phi) is 18.0. The van der Waals surface area contributed by atoms with Crippen molar-refractivity contribution in [2.45, 2.75) is 95.9 Å². The largest absolute Gasteiger partial charge is 0.396 e. The van der Waals surface area contributed by atoms with Crippen LogP contribution in [0.3, 0.4) is 0 Å². The van der Waals surface area contributed by atoms with Crippen molar-refractivity contribution >= 4 is 28.8 Å². The van der Waals surface area contributed by atoms with Gasteiger partial charge in [0, 0.05) is 56.4 Å². The number of methoxy groups -OCH3 is 1. The molecule has 2 amide bonds. The SMILES string of the molecule is C=C(CNCO)NCC(=O)N[C@@H](Cc1ccccc1)C(O)NCC(=O)NCC1CC1CC(O)N[C@H]1CCc2c(C)c(F)cc3nc(/C=C/CCCO)c(CC(C)OC)c1c23. The number of aliphatic hydroxyl groups is 4. The first kappa shape index (κ1) is 46.7. The van der Waals surface area contributed by atoms with Gasteiger partial charge in [0.25, 0.3) is 0 Å². The topological polar surface area (TPSA) is 209 Å². The quantitative estimate of drug-likeness (QED) is 0.0418. The number of carbonyl (C=O) groups is 2. The Balaban J connectivity index is 1.16. The van der Waals surface area contributed by atoms with E-state index in [1.54, 1.807) is 7.11 Å². The Morgan fingerprint density at radius 3 is 2.58 bits per heavy atom. The molecule has 3 aromatic rings. The van der Waals surface area contributed by atoms with Crippen LogP contribution in [0.25, 0.3) is 17.0 Å². The van der Waals surface area contributed by atoms with Crippen LogP contribution in [0.15, 0.2) is 54.8 Å². The van der Waals surface area contributed by atoms with Crippen LogP contribution < -0.4 is 31.9 Å². The van der Waals surface area contributed by atoms with Gasteiger partial charge in [-0.1, -0.05) is 43.0 Å². The van der Waals surface area contributed by atoms with E-state index in [0.29, 0.717) is 68.3 Å². The molecule has 60 heavy (non-hydrogen) atoms. The number of unbranched alkanes of at least 4 members (excludes halogenated alkanes) is 1. The minimum Gasteiger partial charge on any atom is -0.396 e. The molecule has 0 saturated heterocycles. The molecule has 2 aliphatic rings. The molecule has 1 fully saturated rings. The lowest BCUT2D eigenvalue weighted by Gasteiger charge is -2.33. The normalized spacial score (nSPS) is 19.2. The molecule has 2 aromatic carbocycles. The van der Waals surface area contributed by atoms with Crippen molar-refractivity contribution in [2.24, 2.45) is 11.8 Å². The zero-order valence-electron chi connectivity index (χ0n) is 35.1. The number of carbonyl (C=O) groups excluding carboxylic acids is 2. The molecule has 0 radical (unpaired) electrons. The number of amides is 2. The van der Waals surface area contributed by atoms with Crippen LogP contribution in [0.5, 0.6) is 0 Å². The number of hydrogen-bond donors (Lipinski definition) is 10. The first-order valence-corrected chi connectivity index (χ1v) is 21.1. The van der Waals surface area contributed by atoms with Crippen LogP contribution in [-0.2, 0) is 33.6 Å². The van der Waals surface area contributed by atoms with Gasteiger partial charge >= 0.3 is 0 Å². The fourth-order valence-corrected chi connectivity index (χ4v) is 8.01. The van der Waals surface area contributed by atoms with Crippen LogP contribution in [0.2, 0.25) is 0 Å². The highest BCUT2D eigenvalue weighted by Gasteiger charge is 2.39. The Hall–Kier alpha value is -4.32. The summed E-state index contributed by atoms with van der Waals surface area (Å²) in [5.74, 6) is -0.570. The second kappa shape index (κ2) is 23.0. The average Bonchev–Trinajstić information content (AvgIpc) is 3.99. The van der Waals surface area contributed by atoms with Gasteiger partial charge in [0.15, 0.2) is 0 Å². The van der Waals surface area contributed by atoms with E-state index in [-0.39, 0.29) is 74.6 Å². The van der Waals surface area contributed by atoms with Gasteiger partial charge in [0.1, 0.15) is 18.3 Å². The van der Waals surface area contributed by atoms with Gasteiger partial charge < -0.3 is 41.1 Å². The fraction of sp³-hybridized carbons (Fsp3) is 0.533. The monoisotopic (exact) mass is 833 g/mol. The predicted molar refractivity (Wildman–Crippen MR) is 230 cm³/mol. The maximum absolute atomic E-state index is 15.2. The van der Waals surface area contributed by atoms with Crippen molar-refractivity contribution in [3.05, 3.63) is 94.1 Å². The second-order valence-electron chi connectivity index (χ2n) is 16.1. The predicted octanol–water partition coefficient (Wildman–Crippen LogP) is 2.36. The van der Waals surface area contributed by atoms with Crippen molar-refractivity contribution in [3.63, 3.8) is 0 Å². The molecule has 5 rings (SSSR count). The number of allylic oxidation sites excluding steroid dienone is 1. The van der Waals surface area contributed by atoms with Gasteiger partial charge in [-0.05, 0) is 105 Å². The van der Waals surface area contributed by atoms with Crippen LogP contribution >= 0.6 is 0 Å². The second-order valence-corrected chi connectivity index (χ2v) is 16.1. The van der Waals surface area contributed by atoms with E-state index >= 15 is 4.39 Å². The minimum absolute atomic E-state index is 0.0830. The maximum atomic E-state index is 15.2. The van der Waals surface area contributed by atoms with Crippen LogP contribution in [0.4, 0.5) is 4.39 Å². The van der Waals surface area contributed by atoms with Crippen LogP contribution in [0.1, 0.15) is 78.6 Å². The summed E-state index contributed by atoms with van der Waals surface area (Å²) in [6.45, 7) is 7.95. The van der Waals surface area contributed by atoms with E-state index in [9.17, 15) is 24.9 Å². The van der Waals surface area contributed by atoms with E-state index in [4.69, 9.17) is 14.8 Å². The molecule has 0 bridgehead atoms. The third-order valence-electron chi connectivity index (χ3n) is 11.5. The molecule has 7 atom stereocenters. The van der Waals surface area contributed by atoms with Crippen molar-refractivity contribution < 1.29 is 39.1 Å². The highest BCUT2D eigenvalue weighted by atomic mass is 19.1. The summed E-state index contributed by atoms with van der Waals surface area (Å²) in [7, 11) is 1.67. The first-order valence-electron chi connectivity index (χ1n) is 21.1. The van der Waals surface area contributed by atoms with Crippen molar-refractivity contribution in [1.29, 1.82) is 0 Å². The smallest absolute Gasteiger partial charge is 0.239 e. The summed E-state index contributed by atoms with van der Waals surface area (Å²) >= 11 is 0. The maximum Gasteiger partial charge on any atom is 0.239 e. The molecule has 0 spiro atoms. The van der Waals surface area contributed by atoms with Gasteiger partial charge in [-0.25, -0.2) is 9.37 Å². The molecule has 5 unspecified atom stereocenters.